The quantitative estimate of drug-likeness (QED) is 0.849. The molecule has 0 unspecified atom stereocenters. The number of anilines is 1. The Morgan fingerprint density at radius 2 is 2.06 bits per heavy atom. The molecule has 0 amide bonds. The number of aromatic nitrogens is 2. The van der Waals surface area contributed by atoms with E-state index in [0.717, 1.165) is 23.6 Å². The zero-order valence-electron chi connectivity index (χ0n) is 9.94. The summed E-state index contributed by atoms with van der Waals surface area (Å²) in [5.41, 5.74) is 1.71. The maximum absolute atomic E-state index is 9.45. The third-order valence-electron chi connectivity index (χ3n) is 2.32. The first-order valence-corrected chi connectivity index (χ1v) is 5.58. The average molecular weight is 229 g/mol. The van der Waals surface area contributed by atoms with Crippen molar-refractivity contribution in [3.05, 3.63) is 36.0 Å². The molecule has 0 spiro atoms. The van der Waals surface area contributed by atoms with Crippen molar-refractivity contribution in [2.45, 2.75) is 13.8 Å². The molecular weight excluding hydrogens is 214 g/mol. The zero-order valence-corrected chi connectivity index (χ0v) is 9.94. The fourth-order valence-electron chi connectivity index (χ4n) is 1.61. The van der Waals surface area contributed by atoms with Crippen LogP contribution in [0.4, 0.5) is 5.82 Å². The van der Waals surface area contributed by atoms with E-state index in [-0.39, 0.29) is 5.75 Å². The van der Waals surface area contributed by atoms with Gasteiger partial charge in [-0.15, -0.1) is 0 Å². The number of nitrogens with one attached hydrogen (secondary N) is 1. The van der Waals surface area contributed by atoms with Crippen molar-refractivity contribution in [3.63, 3.8) is 0 Å². The van der Waals surface area contributed by atoms with Gasteiger partial charge in [-0.25, -0.2) is 9.97 Å². The van der Waals surface area contributed by atoms with Crippen LogP contribution in [-0.4, -0.2) is 21.6 Å². The molecule has 0 aliphatic heterocycles. The summed E-state index contributed by atoms with van der Waals surface area (Å²) >= 11 is 0. The molecule has 0 radical (unpaired) electrons. The predicted octanol–water partition coefficient (Wildman–Crippen LogP) is 2.59. The van der Waals surface area contributed by atoms with Crippen molar-refractivity contribution >= 4 is 5.82 Å². The number of aryl methyl sites for hydroxylation is 1. The molecule has 2 N–H and O–H groups in total. The van der Waals surface area contributed by atoms with Crippen LogP contribution in [0, 0.1) is 6.92 Å². The Hall–Kier alpha value is -2.10. The highest BCUT2D eigenvalue weighted by molar-refractivity contribution is 5.59. The van der Waals surface area contributed by atoms with Crippen LogP contribution in [0.2, 0.25) is 0 Å². The molecule has 4 nitrogen and oxygen atoms in total. The standard InChI is InChI=1S/C13H15N3O/c1-3-14-12-7-9(2)15-13(16-12)10-5-4-6-11(17)8-10/h4-8,17H,3H2,1-2H3,(H,14,15,16). The Morgan fingerprint density at radius 3 is 2.76 bits per heavy atom. The van der Waals surface area contributed by atoms with Crippen molar-refractivity contribution in [2.75, 3.05) is 11.9 Å². The smallest absolute Gasteiger partial charge is 0.161 e. The van der Waals surface area contributed by atoms with Gasteiger partial charge in [0.25, 0.3) is 0 Å². The van der Waals surface area contributed by atoms with E-state index in [9.17, 15) is 5.11 Å². The molecule has 0 aliphatic carbocycles. The molecule has 0 saturated heterocycles. The van der Waals surface area contributed by atoms with Gasteiger partial charge in [0.15, 0.2) is 5.82 Å². The minimum absolute atomic E-state index is 0.220. The third kappa shape index (κ3) is 2.72. The summed E-state index contributed by atoms with van der Waals surface area (Å²) in [4.78, 5) is 8.77. The van der Waals surface area contributed by atoms with Crippen molar-refractivity contribution in [3.8, 4) is 17.1 Å². The summed E-state index contributed by atoms with van der Waals surface area (Å²) < 4.78 is 0. The second-order valence-corrected chi connectivity index (χ2v) is 3.80. The van der Waals surface area contributed by atoms with Crippen LogP contribution in [0.1, 0.15) is 12.6 Å². The Labute approximate surface area is 100 Å². The summed E-state index contributed by atoms with van der Waals surface area (Å²) in [5, 5.41) is 12.6. The first-order valence-electron chi connectivity index (χ1n) is 5.58. The SMILES string of the molecule is CCNc1cc(C)nc(-c2cccc(O)c2)n1. The normalized spacial score (nSPS) is 10.2. The molecule has 0 saturated carbocycles. The number of aromatic hydroxyl groups is 1. The number of rotatable bonds is 3. The fourth-order valence-corrected chi connectivity index (χ4v) is 1.61. The lowest BCUT2D eigenvalue weighted by molar-refractivity contribution is 0.475. The largest absolute Gasteiger partial charge is 0.508 e. The lowest BCUT2D eigenvalue weighted by atomic mass is 10.2. The molecule has 2 aromatic rings. The lowest BCUT2D eigenvalue weighted by Crippen LogP contribution is -2.02. The van der Waals surface area contributed by atoms with Crippen LogP contribution in [0.5, 0.6) is 5.75 Å². The van der Waals surface area contributed by atoms with Crippen molar-refractivity contribution in [2.24, 2.45) is 0 Å². The van der Waals surface area contributed by atoms with E-state index >= 15 is 0 Å². The highest BCUT2D eigenvalue weighted by Gasteiger charge is 2.05. The van der Waals surface area contributed by atoms with Crippen molar-refractivity contribution in [1.82, 2.24) is 9.97 Å². The molecule has 0 bridgehead atoms. The summed E-state index contributed by atoms with van der Waals surface area (Å²) in [6.45, 7) is 4.76. The lowest BCUT2D eigenvalue weighted by Gasteiger charge is -2.07. The maximum Gasteiger partial charge on any atom is 0.161 e. The number of phenolic OH excluding ortho intramolecular Hbond substituents is 1. The fraction of sp³-hybridized carbons (Fsp3) is 0.231. The minimum Gasteiger partial charge on any atom is -0.508 e. The second-order valence-electron chi connectivity index (χ2n) is 3.80. The molecule has 0 fully saturated rings. The second kappa shape index (κ2) is 4.82. The van der Waals surface area contributed by atoms with E-state index in [2.05, 4.69) is 15.3 Å². The molecule has 2 rings (SSSR count). The Bertz CT molecular complexity index is 526. The van der Waals surface area contributed by atoms with E-state index in [4.69, 9.17) is 0 Å². The molecule has 17 heavy (non-hydrogen) atoms. The van der Waals surface area contributed by atoms with Gasteiger partial charge in [0.2, 0.25) is 0 Å². The van der Waals surface area contributed by atoms with Gasteiger partial charge < -0.3 is 10.4 Å². The topological polar surface area (TPSA) is 58.0 Å². The van der Waals surface area contributed by atoms with Gasteiger partial charge in [0.05, 0.1) is 0 Å². The van der Waals surface area contributed by atoms with Crippen LogP contribution in [0.3, 0.4) is 0 Å². The van der Waals surface area contributed by atoms with Crippen LogP contribution in [0.25, 0.3) is 11.4 Å². The van der Waals surface area contributed by atoms with E-state index in [1.54, 1.807) is 18.2 Å². The van der Waals surface area contributed by atoms with Crippen LogP contribution in [0.15, 0.2) is 30.3 Å². The highest BCUT2D eigenvalue weighted by Crippen LogP contribution is 2.21. The van der Waals surface area contributed by atoms with E-state index in [1.165, 1.54) is 0 Å². The number of hydrogen-bond donors (Lipinski definition) is 2. The van der Waals surface area contributed by atoms with Crippen molar-refractivity contribution < 1.29 is 5.11 Å². The molecular formula is C13H15N3O. The van der Waals surface area contributed by atoms with Gasteiger partial charge in [-0.1, -0.05) is 12.1 Å². The molecule has 1 aromatic heterocycles. The first-order chi connectivity index (χ1) is 8.19. The van der Waals surface area contributed by atoms with Gasteiger partial charge in [-0.05, 0) is 26.0 Å². The molecule has 1 heterocycles. The van der Waals surface area contributed by atoms with Gasteiger partial charge in [0.1, 0.15) is 11.6 Å². The molecule has 88 valence electrons. The number of nitrogens with zero attached hydrogens (tertiary/aromatic N) is 2. The first kappa shape index (κ1) is 11.4. The van der Waals surface area contributed by atoms with E-state index < -0.39 is 0 Å². The maximum atomic E-state index is 9.45. The minimum atomic E-state index is 0.220. The molecule has 0 atom stereocenters. The Kier molecular flexibility index (Phi) is 3.23. The van der Waals surface area contributed by atoms with Crippen LogP contribution < -0.4 is 5.32 Å². The number of benzene rings is 1. The highest BCUT2D eigenvalue weighted by atomic mass is 16.3. The summed E-state index contributed by atoms with van der Waals surface area (Å²) in [6.07, 6.45) is 0. The summed E-state index contributed by atoms with van der Waals surface area (Å²) in [5.74, 6) is 1.65. The number of hydrogen-bond acceptors (Lipinski definition) is 4. The molecule has 0 aliphatic rings. The van der Waals surface area contributed by atoms with Crippen LogP contribution >= 0.6 is 0 Å². The molecule has 4 heteroatoms. The van der Waals surface area contributed by atoms with Crippen LogP contribution in [-0.2, 0) is 0 Å². The Morgan fingerprint density at radius 1 is 1.24 bits per heavy atom. The van der Waals surface area contributed by atoms with Gasteiger partial charge in [0, 0.05) is 23.9 Å². The average Bonchev–Trinajstić information content (AvgIpc) is 2.28. The third-order valence-corrected chi connectivity index (χ3v) is 2.32. The summed E-state index contributed by atoms with van der Waals surface area (Å²) in [7, 11) is 0. The van der Waals surface area contributed by atoms with Crippen molar-refractivity contribution in [1.29, 1.82) is 0 Å². The zero-order chi connectivity index (χ0) is 12.3. The van der Waals surface area contributed by atoms with E-state index in [1.807, 2.05) is 26.0 Å². The van der Waals surface area contributed by atoms with Gasteiger partial charge in [-0.2, -0.15) is 0 Å². The van der Waals surface area contributed by atoms with Gasteiger partial charge in [-0.3, -0.25) is 0 Å². The Balaban J connectivity index is 2.44. The molecule has 1 aromatic carbocycles. The monoisotopic (exact) mass is 229 g/mol. The summed E-state index contributed by atoms with van der Waals surface area (Å²) in [6, 6.07) is 8.85. The van der Waals surface area contributed by atoms with Gasteiger partial charge >= 0.3 is 0 Å². The predicted molar refractivity (Wildman–Crippen MR) is 68.0 cm³/mol. The number of phenols is 1. The van der Waals surface area contributed by atoms with E-state index in [0.29, 0.717) is 5.82 Å².